The lowest BCUT2D eigenvalue weighted by molar-refractivity contribution is 1.31. The van der Waals surface area contributed by atoms with E-state index in [-0.39, 0.29) is 0 Å². The number of aromatic amines is 1. The molecular formula is C19H16N4. The molecule has 0 atom stereocenters. The maximum absolute atomic E-state index is 4.21. The molecule has 4 rings (SSSR count). The molecule has 0 saturated carbocycles. The van der Waals surface area contributed by atoms with Gasteiger partial charge in [-0.05, 0) is 42.8 Å². The Morgan fingerprint density at radius 2 is 1.78 bits per heavy atom. The van der Waals surface area contributed by atoms with Crippen molar-refractivity contribution >= 4 is 22.3 Å². The van der Waals surface area contributed by atoms with Gasteiger partial charge in [-0.3, -0.25) is 9.97 Å². The Morgan fingerprint density at radius 3 is 2.61 bits per heavy atom. The molecule has 0 radical (unpaired) electrons. The fraction of sp³-hybridized carbons (Fsp3) is 0.0526. The number of rotatable bonds is 3. The summed E-state index contributed by atoms with van der Waals surface area (Å²) in [5.41, 5.74) is 6.48. The topological polar surface area (TPSA) is 53.6 Å². The smallest absolute Gasteiger partial charge is 0.0725 e. The van der Waals surface area contributed by atoms with Gasteiger partial charge in [-0.25, -0.2) is 0 Å². The van der Waals surface area contributed by atoms with E-state index in [2.05, 4.69) is 51.5 Å². The van der Waals surface area contributed by atoms with Crippen LogP contribution in [0.3, 0.4) is 0 Å². The summed E-state index contributed by atoms with van der Waals surface area (Å²) in [6.07, 6.45) is 7.26. The van der Waals surface area contributed by atoms with Crippen molar-refractivity contribution in [1.82, 2.24) is 15.0 Å². The molecule has 4 aromatic rings. The zero-order chi connectivity index (χ0) is 15.6. The van der Waals surface area contributed by atoms with Crippen LogP contribution in [0.15, 0.2) is 67.3 Å². The Morgan fingerprint density at radius 1 is 0.957 bits per heavy atom. The van der Waals surface area contributed by atoms with Gasteiger partial charge in [0.2, 0.25) is 0 Å². The van der Waals surface area contributed by atoms with Gasteiger partial charge in [-0.15, -0.1) is 0 Å². The van der Waals surface area contributed by atoms with Crippen molar-refractivity contribution in [3.8, 4) is 11.3 Å². The van der Waals surface area contributed by atoms with Crippen LogP contribution in [0.2, 0.25) is 0 Å². The lowest BCUT2D eigenvalue weighted by Gasteiger charge is -2.09. The maximum Gasteiger partial charge on any atom is 0.0725 e. The molecule has 112 valence electrons. The monoisotopic (exact) mass is 300 g/mol. The van der Waals surface area contributed by atoms with Gasteiger partial charge in [0, 0.05) is 35.2 Å². The standard InChI is InChI=1S/C19H16N4/c1-13-3-2-4-15(11-13)22-19-16-7-10-21-12-17(16)23-18(19)14-5-8-20-9-6-14/h2-12,22-23H,1H3. The second-order valence-corrected chi connectivity index (χ2v) is 5.53. The molecule has 0 saturated heterocycles. The molecule has 4 nitrogen and oxygen atoms in total. The minimum atomic E-state index is 1.01. The second-order valence-electron chi connectivity index (χ2n) is 5.53. The normalized spacial score (nSPS) is 10.8. The van der Waals surface area contributed by atoms with E-state index in [0.29, 0.717) is 0 Å². The maximum atomic E-state index is 4.21. The Balaban J connectivity index is 1.89. The Bertz CT molecular complexity index is 957. The van der Waals surface area contributed by atoms with Gasteiger partial charge in [0.1, 0.15) is 0 Å². The summed E-state index contributed by atoms with van der Waals surface area (Å²) in [7, 11) is 0. The van der Waals surface area contributed by atoms with Gasteiger partial charge >= 0.3 is 0 Å². The molecule has 0 spiro atoms. The number of hydrogen-bond donors (Lipinski definition) is 2. The number of hydrogen-bond acceptors (Lipinski definition) is 3. The fourth-order valence-corrected chi connectivity index (χ4v) is 2.78. The third kappa shape index (κ3) is 2.55. The number of aryl methyl sites for hydroxylation is 1. The Hall–Kier alpha value is -3.14. The lowest BCUT2D eigenvalue weighted by atomic mass is 10.1. The highest BCUT2D eigenvalue weighted by molar-refractivity contribution is 6.02. The molecule has 3 heterocycles. The van der Waals surface area contributed by atoms with Crippen molar-refractivity contribution in [2.45, 2.75) is 6.92 Å². The fourth-order valence-electron chi connectivity index (χ4n) is 2.78. The quantitative estimate of drug-likeness (QED) is 0.577. The van der Waals surface area contributed by atoms with Crippen LogP contribution in [0.25, 0.3) is 22.2 Å². The first-order chi connectivity index (χ1) is 11.3. The van der Waals surface area contributed by atoms with Crippen LogP contribution < -0.4 is 5.32 Å². The summed E-state index contributed by atoms with van der Waals surface area (Å²) in [6, 6.07) is 14.4. The number of nitrogens with one attached hydrogen (secondary N) is 2. The third-order valence-electron chi connectivity index (χ3n) is 3.86. The van der Waals surface area contributed by atoms with Gasteiger partial charge in [0.25, 0.3) is 0 Å². The molecular weight excluding hydrogens is 284 g/mol. The van der Waals surface area contributed by atoms with Crippen LogP contribution in [0.4, 0.5) is 11.4 Å². The molecule has 3 aromatic heterocycles. The highest BCUT2D eigenvalue weighted by Crippen LogP contribution is 2.36. The van der Waals surface area contributed by atoms with E-state index < -0.39 is 0 Å². The predicted molar refractivity (Wildman–Crippen MR) is 93.8 cm³/mol. The van der Waals surface area contributed by atoms with Crippen LogP contribution in [0.5, 0.6) is 0 Å². The molecule has 0 unspecified atom stereocenters. The van der Waals surface area contributed by atoms with Gasteiger partial charge < -0.3 is 10.3 Å². The molecule has 23 heavy (non-hydrogen) atoms. The van der Waals surface area contributed by atoms with Gasteiger partial charge in [-0.2, -0.15) is 0 Å². The van der Waals surface area contributed by atoms with Gasteiger partial charge in [-0.1, -0.05) is 12.1 Å². The third-order valence-corrected chi connectivity index (χ3v) is 3.86. The SMILES string of the molecule is Cc1cccc(Nc2c(-c3ccncc3)[nH]c3cnccc23)c1. The van der Waals surface area contributed by atoms with E-state index in [1.54, 1.807) is 12.4 Å². The van der Waals surface area contributed by atoms with E-state index in [1.165, 1.54) is 5.56 Å². The summed E-state index contributed by atoms with van der Waals surface area (Å²) >= 11 is 0. The first-order valence-corrected chi connectivity index (χ1v) is 7.51. The first-order valence-electron chi connectivity index (χ1n) is 7.51. The molecule has 4 heteroatoms. The van der Waals surface area contributed by atoms with Crippen LogP contribution in [0.1, 0.15) is 5.56 Å². The Labute approximate surface area is 134 Å². The highest BCUT2D eigenvalue weighted by atomic mass is 14.9. The summed E-state index contributed by atoms with van der Waals surface area (Å²) in [5.74, 6) is 0. The van der Waals surface area contributed by atoms with Crippen molar-refractivity contribution in [2.24, 2.45) is 0 Å². The van der Waals surface area contributed by atoms with E-state index in [9.17, 15) is 0 Å². The van der Waals surface area contributed by atoms with Crippen molar-refractivity contribution in [1.29, 1.82) is 0 Å². The summed E-state index contributed by atoms with van der Waals surface area (Å²) in [6.45, 7) is 2.09. The summed E-state index contributed by atoms with van der Waals surface area (Å²) in [5, 5.41) is 4.67. The number of fused-ring (bicyclic) bond motifs is 1. The van der Waals surface area contributed by atoms with Gasteiger partial charge in [0.05, 0.1) is 23.1 Å². The summed E-state index contributed by atoms with van der Waals surface area (Å²) < 4.78 is 0. The van der Waals surface area contributed by atoms with E-state index in [4.69, 9.17) is 0 Å². The largest absolute Gasteiger partial charge is 0.353 e. The first kappa shape index (κ1) is 13.5. The lowest BCUT2D eigenvalue weighted by Crippen LogP contribution is -1.92. The molecule has 0 aliphatic rings. The van der Waals surface area contributed by atoms with Crippen molar-refractivity contribution in [2.75, 3.05) is 5.32 Å². The number of H-pyrrole nitrogens is 1. The summed E-state index contributed by atoms with van der Waals surface area (Å²) in [4.78, 5) is 11.8. The van der Waals surface area contributed by atoms with Gasteiger partial charge in [0.15, 0.2) is 0 Å². The zero-order valence-corrected chi connectivity index (χ0v) is 12.7. The molecule has 0 aliphatic heterocycles. The van der Waals surface area contributed by atoms with E-state index >= 15 is 0 Å². The number of anilines is 2. The number of aromatic nitrogens is 3. The van der Waals surface area contributed by atoms with Crippen molar-refractivity contribution in [3.63, 3.8) is 0 Å². The number of pyridine rings is 2. The van der Waals surface area contributed by atoms with Crippen LogP contribution in [-0.4, -0.2) is 15.0 Å². The predicted octanol–water partition coefficient (Wildman–Crippen LogP) is 4.68. The average molecular weight is 300 g/mol. The Kier molecular flexibility index (Phi) is 3.27. The van der Waals surface area contributed by atoms with Crippen molar-refractivity contribution in [3.05, 3.63) is 72.8 Å². The average Bonchev–Trinajstić information content (AvgIpc) is 2.95. The molecule has 0 aliphatic carbocycles. The number of nitrogens with zero attached hydrogens (tertiary/aromatic N) is 2. The van der Waals surface area contributed by atoms with E-state index in [1.807, 2.05) is 30.6 Å². The molecule has 1 aromatic carbocycles. The molecule has 0 fully saturated rings. The van der Waals surface area contributed by atoms with E-state index in [0.717, 1.165) is 33.5 Å². The molecule has 2 N–H and O–H groups in total. The molecule has 0 bridgehead atoms. The minimum Gasteiger partial charge on any atom is -0.353 e. The second kappa shape index (κ2) is 5.57. The number of benzene rings is 1. The zero-order valence-electron chi connectivity index (χ0n) is 12.7. The molecule has 0 amide bonds. The van der Waals surface area contributed by atoms with Crippen LogP contribution in [-0.2, 0) is 0 Å². The minimum absolute atomic E-state index is 1.01. The van der Waals surface area contributed by atoms with Crippen LogP contribution >= 0.6 is 0 Å². The highest BCUT2D eigenvalue weighted by Gasteiger charge is 2.13. The van der Waals surface area contributed by atoms with Crippen LogP contribution in [0, 0.1) is 6.92 Å². The van der Waals surface area contributed by atoms with Crippen molar-refractivity contribution < 1.29 is 0 Å².